The lowest BCUT2D eigenvalue weighted by atomic mass is 10.1. The zero-order valence-electron chi connectivity index (χ0n) is 14.9. The third kappa shape index (κ3) is 3.85. The molecule has 134 valence electrons. The molecular weight excluding hydrogens is 316 g/mol. The van der Waals surface area contributed by atoms with Crippen LogP contribution in [0.1, 0.15) is 48.5 Å². The Kier molecular flexibility index (Phi) is 5.38. The lowest BCUT2D eigenvalue weighted by Gasteiger charge is -2.31. The third-order valence-corrected chi connectivity index (χ3v) is 4.86. The van der Waals surface area contributed by atoms with Crippen molar-refractivity contribution in [1.29, 1.82) is 0 Å². The average molecular weight is 342 g/mol. The van der Waals surface area contributed by atoms with Crippen LogP contribution >= 0.6 is 0 Å². The fourth-order valence-electron chi connectivity index (χ4n) is 3.51. The van der Waals surface area contributed by atoms with Crippen LogP contribution < -0.4 is 5.32 Å². The second kappa shape index (κ2) is 7.70. The molecule has 2 atom stereocenters. The van der Waals surface area contributed by atoms with Crippen LogP contribution in [0.15, 0.2) is 36.7 Å². The fourth-order valence-corrected chi connectivity index (χ4v) is 3.51. The maximum Gasteiger partial charge on any atom is 0.318 e. The molecule has 2 N–H and O–H groups in total. The average Bonchev–Trinajstić information content (AvgIpc) is 3.22. The molecule has 25 heavy (non-hydrogen) atoms. The maximum absolute atomic E-state index is 12.9. The van der Waals surface area contributed by atoms with Gasteiger partial charge in [0.2, 0.25) is 0 Å². The van der Waals surface area contributed by atoms with Gasteiger partial charge in [0.1, 0.15) is 0 Å². The topological polar surface area (TPSA) is 70.4 Å². The number of aryl methyl sites for hydroxylation is 2. The molecule has 0 unspecified atom stereocenters. The summed E-state index contributed by atoms with van der Waals surface area (Å²) < 4.78 is 1.73. The summed E-state index contributed by atoms with van der Waals surface area (Å²) in [5.41, 5.74) is 3.52. The van der Waals surface area contributed by atoms with E-state index >= 15 is 0 Å². The molecule has 0 aliphatic heterocycles. The highest BCUT2D eigenvalue weighted by Gasteiger charge is 2.31. The number of hydrogen-bond acceptors (Lipinski definition) is 3. The van der Waals surface area contributed by atoms with Crippen LogP contribution in [-0.4, -0.2) is 39.0 Å². The van der Waals surface area contributed by atoms with E-state index in [4.69, 9.17) is 0 Å². The monoisotopic (exact) mass is 342 g/mol. The van der Waals surface area contributed by atoms with Crippen molar-refractivity contribution in [1.82, 2.24) is 20.0 Å². The van der Waals surface area contributed by atoms with Gasteiger partial charge >= 0.3 is 6.03 Å². The Labute approximate surface area is 148 Å². The SMILES string of the molecule is C[C@H](NC(=O)N(CCCO)[C@@H]1CCc2ccccc21)c1cnn(C)c1. The summed E-state index contributed by atoms with van der Waals surface area (Å²) >= 11 is 0. The number of amides is 2. The van der Waals surface area contributed by atoms with Crippen molar-refractivity contribution in [3.05, 3.63) is 53.3 Å². The van der Waals surface area contributed by atoms with Crippen molar-refractivity contribution < 1.29 is 9.90 Å². The molecule has 2 amide bonds. The number of nitrogens with one attached hydrogen (secondary N) is 1. The predicted molar refractivity (Wildman–Crippen MR) is 96.1 cm³/mol. The first-order valence-corrected chi connectivity index (χ1v) is 8.84. The third-order valence-electron chi connectivity index (χ3n) is 4.86. The number of hydrogen-bond donors (Lipinski definition) is 2. The van der Waals surface area contributed by atoms with Crippen molar-refractivity contribution in [2.24, 2.45) is 7.05 Å². The second-order valence-electron chi connectivity index (χ2n) is 6.64. The maximum atomic E-state index is 12.9. The number of carbonyl (C=O) groups is 1. The molecule has 2 aromatic rings. The van der Waals surface area contributed by atoms with Gasteiger partial charge in [0.25, 0.3) is 0 Å². The summed E-state index contributed by atoms with van der Waals surface area (Å²) in [6, 6.07) is 8.18. The van der Waals surface area contributed by atoms with Crippen LogP contribution in [0.25, 0.3) is 0 Å². The predicted octanol–water partition coefficient (Wildman–Crippen LogP) is 2.56. The number of aromatic nitrogens is 2. The Bertz CT molecular complexity index is 728. The normalized spacial score (nSPS) is 17.2. The van der Waals surface area contributed by atoms with Crippen LogP contribution in [0.5, 0.6) is 0 Å². The lowest BCUT2D eigenvalue weighted by Crippen LogP contribution is -2.43. The van der Waals surface area contributed by atoms with Crippen LogP contribution in [0.4, 0.5) is 4.79 Å². The van der Waals surface area contributed by atoms with Crippen molar-refractivity contribution in [2.75, 3.05) is 13.2 Å². The van der Waals surface area contributed by atoms with E-state index in [0.29, 0.717) is 13.0 Å². The number of fused-ring (bicyclic) bond motifs is 1. The van der Waals surface area contributed by atoms with E-state index in [2.05, 4.69) is 22.5 Å². The van der Waals surface area contributed by atoms with E-state index in [1.807, 2.05) is 37.2 Å². The molecule has 1 aromatic heterocycles. The van der Waals surface area contributed by atoms with E-state index in [-0.39, 0.29) is 24.7 Å². The molecule has 0 saturated carbocycles. The van der Waals surface area contributed by atoms with E-state index < -0.39 is 0 Å². The van der Waals surface area contributed by atoms with Gasteiger partial charge in [-0.1, -0.05) is 24.3 Å². The van der Waals surface area contributed by atoms with Crippen molar-refractivity contribution in [2.45, 2.75) is 38.3 Å². The number of urea groups is 1. The summed E-state index contributed by atoms with van der Waals surface area (Å²) in [5.74, 6) is 0. The number of nitrogens with zero attached hydrogens (tertiary/aromatic N) is 3. The quantitative estimate of drug-likeness (QED) is 0.847. The zero-order chi connectivity index (χ0) is 17.8. The summed E-state index contributed by atoms with van der Waals surface area (Å²) in [4.78, 5) is 14.8. The van der Waals surface area contributed by atoms with Crippen LogP contribution in [0, 0.1) is 0 Å². The molecular formula is C19H26N4O2. The van der Waals surface area contributed by atoms with Gasteiger partial charge in [-0.25, -0.2) is 4.79 Å². The highest BCUT2D eigenvalue weighted by atomic mass is 16.3. The number of carbonyl (C=O) groups excluding carboxylic acids is 1. The summed E-state index contributed by atoms with van der Waals surface area (Å²) in [6.07, 6.45) is 6.18. The number of aliphatic hydroxyl groups excluding tert-OH is 1. The molecule has 1 aromatic carbocycles. The minimum Gasteiger partial charge on any atom is -0.396 e. The Morgan fingerprint density at radius 1 is 1.48 bits per heavy atom. The van der Waals surface area contributed by atoms with Crippen LogP contribution in [-0.2, 0) is 13.5 Å². The lowest BCUT2D eigenvalue weighted by molar-refractivity contribution is 0.162. The molecule has 0 bridgehead atoms. The number of rotatable bonds is 6. The van der Waals surface area contributed by atoms with Gasteiger partial charge < -0.3 is 15.3 Å². The smallest absolute Gasteiger partial charge is 0.318 e. The highest BCUT2D eigenvalue weighted by molar-refractivity contribution is 5.75. The van der Waals surface area contributed by atoms with Crippen LogP contribution in [0.2, 0.25) is 0 Å². The first kappa shape index (κ1) is 17.5. The first-order chi connectivity index (χ1) is 12.1. The highest BCUT2D eigenvalue weighted by Crippen LogP contribution is 2.35. The standard InChI is InChI=1S/C19H26N4O2/c1-14(16-12-20-22(2)13-16)21-19(25)23(10-5-11-24)18-9-8-15-6-3-4-7-17(15)18/h3-4,6-7,12-14,18,24H,5,8-11H2,1-2H3,(H,21,25)/t14-,18+/m0/s1. The van der Waals surface area contributed by atoms with Crippen molar-refractivity contribution in [3.63, 3.8) is 0 Å². The Balaban J connectivity index is 1.75. The van der Waals surface area contributed by atoms with E-state index in [1.165, 1.54) is 11.1 Å². The Hall–Kier alpha value is -2.34. The van der Waals surface area contributed by atoms with Gasteiger partial charge in [-0.05, 0) is 37.3 Å². The summed E-state index contributed by atoms with van der Waals surface area (Å²) in [7, 11) is 1.86. The van der Waals surface area contributed by atoms with Crippen molar-refractivity contribution >= 4 is 6.03 Å². The molecule has 6 heteroatoms. The zero-order valence-corrected chi connectivity index (χ0v) is 14.9. The molecule has 1 aliphatic carbocycles. The van der Waals surface area contributed by atoms with Gasteiger partial charge in [0.05, 0.1) is 18.3 Å². The Morgan fingerprint density at radius 3 is 3.00 bits per heavy atom. The largest absolute Gasteiger partial charge is 0.396 e. The molecule has 0 spiro atoms. The molecule has 0 fully saturated rings. The van der Waals surface area contributed by atoms with E-state index in [9.17, 15) is 9.90 Å². The first-order valence-electron chi connectivity index (χ1n) is 8.84. The fraction of sp³-hybridized carbons (Fsp3) is 0.474. The molecule has 6 nitrogen and oxygen atoms in total. The summed E-state index contributed by atoms with van der Waals surface area (Å²) in [5, 5.41) is 16.5. The Morgan fingerprint density at radius 2 is 2.28 bits per heavy atom. The van der Waals surface area contributed by atoms with Gasteiger partial charge in [0.15, 0.2) is 0 Å². The molecule has 0 radical (unpaired) electrons. The van der Waals surface area contributed by atoms with Crippen molar-refractivity contribution in [3.8, 4) is 0 Å². The van der Waals surface area contributed by atoms with Gasteiger partial charge in [-0.15, -0.1) is 0 Å². The number of benzene rings is 1. The summed E-state index contributed by atoms with van der Waals surface area (Å²) in [6.45, 7) is 2.58. The van der Waals surface area contributed by atoms with Gasteiger partial charge in [-0.2, -0.15) is 5.10 Å². The molecule has 0 saturated heterocycles. The van der Waals surface area contributed by atoms with Crippen LogP contribution in [0.3, 0.4) is 0 Å². The molecule has 1 aliphatic rings. The second-order valence-corrected chi connectivity index (χ2v) is 6.64. The molecule has 3 rings (SSSR count). The van der Waals surface area contributed by atoms with E-state index in [1.54, 1.807) is 10.9 Å². The number of aliphatic hydroxyl groups is 1. The minimum atomic E-state index is -0.116. The van der Waals surface area contributed by atoms with E-state index in [0.717, 1.165) is 18.4 Å². The van der Waals surface area contributed by atoms with Gasteiger partial charge in [-0.3, -0.25) is 4.68 Å². The minimum absolute atomic E-state index is 0.0730. The molecule has 1 heterocycles. The van der Waals surface area contributed by atoms with Gasteiger partial charge in [0, 0.05) is 32.0 Å².